The van der Waals surface area contributed by atoms with E-state index < -0.39 is 23.7 Å². The van der Waals surface area contributed by atoms with Gasteiger partial charge in [-0.15, -0.1) is 0 Å². The minimum absolute atomic E-state index is 0.0392. The number of aliphatic hydroxyl groups is 1. The normalized spacial score (nSPS) is 29.3. The number of carbonyl (C=O) groups excluding carboxylic acids is 3. The number of hydrogen-bond acceptors (Lipinski definition) is 6. The van der Waals surface area contributed by atoms with Crippen LogP contribution in [0.5, 0.6) is 5.75 Å². The molecule has 1 aliphatic carbocycles. The second-order valence-electron chi connectivity index (χ2n) is 9.94. The molecular weight excluding hydrogens is 467 g/mol. The van der Waals surface area contributed by atoms with Gasteiger partial charge < -0.3 is 14.7 Å². The van der Waals surface area contributed by atoms with Gasteiger partial charge in [0.05, 0.1) is 0 Å². The number of carbonyl (C=O) groups is 3. The maximum absolute atomic E-state index is 13.2. The number of fused-ring (bicyclic) bond motifs is 1. The number of benzene rings is 1. The third-order valence-electron chi connectivity index (χ3n) is 7.82. The van der Waals surface area contributed by atoms with E-state index >= 15 is 0 Å². The van der Waals surface area contributed by atoms with Crippen LogP contribution in [0.1, 0.15) is 60.9 Å². The Balaban J connectivity index is 1.24. The van der Waals surface area contributed by atoms with Gasteiger partial charge in [-0.05, 0) is 62.3 Å². The van der Waals surface area contributed by atoms with Crippen molar-refractivity contribution in [1.29, 1.82) is 0 Å². The van der Waals surface area contributed by atoms with Crippen LogP contribution in [0.15, 0.2) is 18.2 Å². The fourth-order valence-electron chi connectivity index (χ4n) is 5.77. The number of rotatable bonds is 4. The summed E-state index contributed by atoms with van der Waals surface area (Å²) in [5.74, 6) is -0.492. The van der Waals surface area contributed by atoms with Crippen LogP contribution < -0.4 is 10.1 Å². The van der Waals surface area contributed by atoms with Gasteiger partial charge in [0.2, 0.25) is 11.8 Å². The highest BCUT2D eigenvalue weighted by Crippen LogP contribution is 2.40. The molecule has 4 aliphatic rings. The summed E-state index contributed by atoms with van der Waals surface area (Å²) in [5, 5.41) is 12.3. The summed E-state index contributed by atoms with van der Waals surface area (Å²) in [6.07, 6.45) is -2.59. The summed E-state index contributed by atoms with van der Waals surface area (Å²) in [5.41, 5.74) is -1.40. The Kier molecular flexibility index (Phi) is 6.03. The first-order chi connectivity index (χ1) is 16.6. The van der Waals surface area contributed by atoms with Crippen LogP contribution in [0.2, 0.25) is 0 Å². The monoisotopic (exact) mass is 495 g/mol. The van der Waals surface area contributed by atoms with E-state index in [1.807, 2.05) is 4.90 Å². The molecule has 0 aromatic heterocycles. The lowest BCUT2D eigenvalue weighted by Crippen LogP contribution is -2.56. The van der Waals surface area contributed by atoms with Gasteiger partial charge in [-0.1, -0.05) is 0 Å². The van der Waals surface area contributed by atoms with Crippen LogP contribution in [0.4, 0.5) is 13.2 Å². The molecule has 3 unspecified atom stereocenters. The van der Waals surface area contributed by atoms with Crippen LogP contribution in [-0.2, 0) is 16.1 Å². The molecule has 3 fully saturated rings. The molecule has 8 nitrogen and oxygen atoms in total. The third-order valence-corrected chi connectivity index (χ3v) is 7.82. The quantitative estimate of drug-likeness (QED) is 0.621. The predicted molar refractivity (Wildman–Crippen MR) is 116 cm³/mol. The molecule has 190 valence electrons. The minimum Gasteiger partial charge on any atom is -0.489 e. The number of imide groups is 1. The van der Waals surface area contributed by atoms with Crippen molar-refractivity contribution in [1.82, 2.24) is 15.1 Å². The summed E-state index contributed by atoms with van der Waals surface area (Å²) >= 11 is 0. The molecule has 3 aliphatic heterocycles. The van der Waals surface area contributed by atoms with Crippen molar-refractivity contribution < 1.29 is 37.4 Å². The van der Waals surface area contributed by atoms with Crippen molar-refractivity contribution in [2.24, 2.45) is 0 Å². The van der Waals surface area contributed by atoms with Crippen molar-refractivity contribution in [2.45, 2.75) is 81.5 Å². The van der Waals surface area contributed by atoms with Crippen molar-refractivity contribution in [3.05, 3.63) is 29.3 Å². The summed E-state index contributed by atoms with van der Waals surface area (Å²) in [7, 11) is 0. The highest BCUT2D eigenvalue weighted by molar-refractivity contribution is 6.05. The van der Waals surface area contributed by atoms with Crippen molar-refractivity contribution in [2.75, 3.05) is 13.1 Å². The van der Waals surface area contributed by atoms with Gasteiger partial charge in [-0.2, -0.15) is 13.2 Å². The van der Waals surface area contributed by atoms with Gasteiger partial charge in [-0.3, -0.25) is 24.6 Å². The molecule has 2 N–H and O–H groups in total. The molecule has 0 bridgehead atoms. The molecule has 1 aromatic carbocycles. The number of likely N-dealkylation sites (tertiary alicyclic amines) is 1. The van der Waals surface area contributed by atoms with Crippen molar-refractivity contribution in [3.63, 3.8) is 0 Å². The zero-order chi connectivity index (χ0) is 25.0. The Labute approximate surface area is 200 Å². The summed E-state index contributed by atoms with van der Waals surface area (Å²) < 4.78 is 45.7. The third kappa shape index (κ3) is 4.40. The first kappa shape index (κ1) is 24.1. The first-order valence-corrected chi connectivity index (χ1v) is 12.0. The number of piperidine rings is 2. The average Bonchev–Trinajstić information content (AvgIpc) is 3.38. The molecule has 11 heteroatoms. The van der Waals surface area contributed by atoms with E-state index in [2.05, 4.69) is 5.32 Å². The fourth-order valence-corrected chi connectivity index (χ4v) is 5.77. The van der Waals surface area contributed by atoms with Crippen molar-refractivity contribution in [3.8, 4) is 5.75 Å². The van der Waals surface area contributed by atoms with Gasteiger partial charge in [0.25, 0.3) is 5.91 Å². The van der Waals surface area contributed by atoms with Gasteiger partial charge in [-0.25, -0.2) is 0 Å². The molecule has 0 radical (unpaired) electrons. The van der Waals surface area contributed by atoms with Gasteiger partial charge in [0.1, 0.15) is 17.9 Å². The lowest BCUT2D eigenvalue weighted by Gasteiger charge is -2.42. The molecular formula is C24H28F3N3O5. The Morgan fingerprint density at radius 3 is 2.51 bits per heavy atom. The number of ether oxygens (including phenoxy) is 1. The topological polar surface area (TPSA) is 99.2 Å². The van der Waals surface area contributed by atoms with Gasteiger partial charge >= 0.3 is 6.18 Å². The molecule has 3 heterocycles. The molecule has 1 aromatic rings. The van der Waals surface area contributed by atoms with E-state index in [9.17, 15) is 32.7 Å². The van der Waals surface area contributed by atoms with Crippen LogP contribution in [-0.4, -0.2) is 75.7 Å². The highest BCUT2D eigenvalue weighted by atomic mass is 19.4. The number of hydrogen-bond donors (Lipinski definition) is 2. The molecule has 2 saturated heterocycles. The largest absolute Gasteiger partial charge is 0.489 e. The molecule has 35 heavy (non-hydrogen) atoms. The smallest absolute Gasteiger partial charge is 0.417 e. The van der Waals surface area contributed by atoms with Crippen molar-refractivity contribution >= 4 is 17.7 Å². The van der Waals surface area contributed by atoms with Crippen LogP contribution in [0, 0.1) is 0 Å². The summed E-state index contributed by atoms with van der Waals surface area (Å²) in [4.78, 5) is 40.0. The zero-order valence-corrected chi connectivity index (χ0v) is 19.1. The number of alkyl halides is 3. The van der Waals surface area contributed by atoms with Crippen LogP contribution in [0.25, 0.3) is 0 Å². The molecule has 3 atom stereocenters. The van der Waals surface area contributed by atoms with Crippen LogP contribution in [0.3, 0.4) is 0 Å². The molecule has 0 spiro atoms. The van der Waals surface area contributed by atoms with E-state index in [0.29, 0.717) is 11.3 Å². The van der Waals surface area contributed by atoms with Gasteiger partial charge in [0.15, 0.2) is 5.60 Å². The minimum atomic E-state index is -4.63. The first-order valence-electron chi connectivity index (χ1n) is 12.0. The van der Waals surface area contributed by atoms with E-state index in [1.54, 1.807) is 18.2 Å². The SMILES string of the molecule is O=C1CCC(N2Cc3cc(OC4CCCC4N4CCC(O)(C(F)(F)F)CC4)ccc3C2=O)C(=O)N1. The Morgan fingerprint density at radius 1 is 1.09 bits per heavy atom. The number of nitrogens with one attached hydrogen (secondary N) is 1. The Bertz CT molecular complexity index is 1040. The molecule has 5 rings (SSSR count). The maximum Gasteiger partial charge on any atom is 0.417 e. The van der Waals surface area contributed by atoms with E-state index in [-0.39, 0.29) is 69.3 Å². The average molecular weight is 495 g/mol. The zero-order valence-electron chi connectivity index (χ0n) is 19.1. The summed E-state index contributed by atoms with van der Waals surface area (Å²) in [6.45, 7) is 0.550. The Morgan fingerprint density at radius 2 is 1.83 bits per heavy atom. The number of nitrogens with zero attached hydrogens (tertiary/aromatic N) is 2. The lowest BCUT2D eigenvalue weighted by molar-refractivity contribution is -0.274. The molecule has 3 amide bonds. The maximum atomic E-state index is 13.2. The number of halogens is 3. The van der Waals surface area contributed by atoms with E-state index in [0.717, 1.165) is 24.8 Å². The summed E-state index contributed by atoms with van der Waals surface area (Å²) in [6, 6.07) is 4.44. The fraction of sp³-hybridized carbons (Fsp3) is 0.625. The van der Waals surface area contributed by atoms with E-state index in [4.69, 9.17) is 4.74 Å². The number of amides is 3. The predicted octanol–water partition coefficient (Wildman–Crippen LogP) is 2.14. The lowest BCUT2D eigenvalue weighted by atomic mass is 9.89. The van der Waals surface area contributed by atoms with Gasteiger partial charge in [0, 0.05) is 37.7 Å². The Hall–Kier alpha value is -2.66. The second kappa shape index (κ2) is 8.77. The van der Waals surface area contributed by atoms with E-state index in [1.165, 1.54) is 4.90 Å². The van der Waals surface area contributed by atoms with Crippen LogP contribution >= 0.6 is 0 Å². The second-order valence-corrected chi connectivity index (χ2v) is 9.94. The molecule has 1 saturated carbocycles. The standard InChI is InChI=1S/C24H28F3N3O5/c25-24(26,27)23(34)8-10-29(11-9-23)17-2-1-3-19(17)35-15-4-5-16-14(12-15)13-30(22(16)33)18-6-7-20(31)28-21(18)32/h4-5,12,17-19,34H,1-3,6-11,13H2,(H,28,31,32). The highest BCUT2D eigenvalue weighted by Gasteiger charge is 2.55.